The Morgan fingerprint density at radius 1 is 0.889 bits per heavy atom. The first kappa shape index (κ1) is 18.1. The van der Waals surface area contributed by atoms with Gasteiger partial charge in [-0.2, -0.15) is 0 Å². The lowest BCUT2D eigenvalue weighted by molar-refractivity contribution is 0.0390. The Hall–Kier alpha value is 0.150. The van der Waals surface area contributed by atoms with Gasteiger partial charge in [0.1, 0.15) is 0 Å². The Morgan fingerprint density at radius 2 is 1.17 bits per heavy atom. The Kier molecular flexibility index (Phi) is 6.12. The first-order valence-electron chi connectivity index (χ1n) is 6.77. The Bertz CT molecular complexity index is 273. The zero-order valence-corrected chi connectivity index (χ0v) is 14.4. The molecular weight excluding hydrogens is 247 g/mol. The third-order valence-electron chi connectivity index (χ3n) is 3.46. The van der Waals surface area contributed by atoms with E-state index >= 15 is 0 Å². The van der Waals surface area contributed by atoms with E-state index in [1.54, 1.807) is 0 Å². The van der Waals surface area contributed by atoms with Crippen LogP contribution in [0, 0.1) is 10.8 Å². The maximum Gasteiger partial charge on any atom is 0.330 e. The quantitative estimate of drug-likeness (QED) is 0.656. The van der Waals surface area contributed by atoms with Gasteiger partial charge in [-0.25, -0.2) is 0 Å². The van der Waals surface area contributed by atoms with Crippen LogP contribution in [0.3, 0.4) is 0 Å². The summed E-state index contributed by atoms with van der Waals surface area (Å²) in [5, 5.41) is 0. The largest absolute Gasteiger partial charge is 0.330 e. The lowest BCUT2D eigenvalue weighted by Crippen LogP contribution is -2.29. The lowest BCUT2D eigenvalue weighted by Gasteiger charge is -2.34. The van der Waals surface area contributed by atoms with E-state index in [1.807, 2.05) is 20.8 Å². The van der Waals surface area contributed by atoms with Gasteiger partial charge >= 0.3 is 7.60 Å². The SMILES string of the molecule is CCP(=O)(OC(C)C(C)(C)C)OC(C)C(C)(C)C. The van der Waals surface area contributed by atoms with Crippen molar-refractivity contribution < 1.29 is 13.6 Å². The summed E-state index contributed by atoms with van der Waals surface area (Å²) >= 11 is 0. The summed E-state index contributed by atoms with van der Waals surface area (Å²) in [7, 11) is -3.01. The van der Waals surface area contributed by atoms with E-state index in [-0.39, 0.29) is 23.0 Å². The molecule has 0 spiro atoms. The summed E-state index contributed by atoms with van der Waals surface area (Å²) in [6.45, 7) is 18.2. The maximum atomic E-state index is 12.7. The Labute approximate surface area is 113 Å². The van der Waals surface area contributed by atoms with E-state index in [0.29, 0.717) is 6.16 Å². The molecule has 18 heavy (non-hydrogen) atoms. The summed E-state index contributed by atoms with van der Waals surface area (Å²) in [5.74, 6) is 0. The minimum atomic E-state index is -3.01. The minimum Gasteiger partial charge on any atom is -0.305 e. The molecule has 4 heteroatoms. The van der Waals surface area contributed by atoms with Crippen LogP contribution in [-0.2, 0) is 13.6 Å². The van der Waals surface area contributed by atoms with Crippen LogP contribution in [0.4, 0.5) is 0 Å². The molecule has 2 atom stereocenters. The smallest absolute Gasteiger partial charge is 0.305 e. The fourth-order valence-corrected chi connectivity index (χ4v) is 2.92. The van der Waals surface area contributed by atoms with Crippen molar-refractivity contribution in [3.8, 4) is 0 Å². The van der Waals surface area contributed by atoms with Gasteiger partial charge in [-0.05, 0) is 24.7 Å². The molecule has 0 N–H and O–H groups in total. The highest BCUT2D eigenvalue weighted by atomic mass is 31.2. The van der Waals surface area contributed by atoms with E-state index in [9.17, 15) is 4.57 Å². The molecule has 0 aromatic carbocycles. The second-order valence-electron chi connectivity index (χ2n) is 7.15. The highest BCUT2D eigenvalue weighted by Crippen LogP contribution is 2.53. The first-order chi connectivity index (χ1) is 7.82. The van der Waals surface area contributed by atoms with Crippen molar-refractivity contribution in [3.05, 3.63) is 0 Å². The second-order valence-corrected chi connectivity index (χ2v) is 9.43. The van der Waals surface area contributed by atoms with Gasteiger partial charge < -0.3 is 9.05 Å². The molecule has 0 aliphatic rings. The van der Waals surface area contributed by atoms with Crippen LogP contribution in [0.2, 0.25) is 0 Å². The monoisotopic (exact) mass is 278 g/mol. The molecule has 110 valence electrons. The highest BCUT2D eigenvalue weighted by Gasteiger charge is 2.35. The molecule has 0 aliphatic carbocycles. The van der Waals surface area contributed by atoms with Gasteiger partial charge in [0.15, 0.2) is 0 Å². The van der Waals surface area contributed by atoms with Gasteiger partial charge in [0.05, 0.1) is 12.2 Å². The lowest BCUT2D eigenvalue weighted by atomic mass is 9.91. The number of rotatable bonds is 5. The van der Waals surface area contributed by atoms with Crippen LogP contribution in [0.5, 0.6) is 0 Å². The summed E-state index contributed by atoms with van der Waals surface area (Å²) in [6.07, 6.45) is 0.208. The summed E-state index contributed by atoms with van der Waals surface area (Å²) in [4.78, 5) is 0. The molecule has 3 nitrogen and oxygen atoms in total. The summed E-state index contributed by atoms with van der Waals surface area (Å²) in [6, 6.07) is 0. The average molecular weight is 278 g/mol. The van der Waals surface area contributed by atoms with Crippen LogP contribution in [0.15, 0.2) is 0 Å². The fraction of sp³-hybridized carbons (Fsp3) is 1.00. The molecule has 0 saturated heterocycles. The van der Waals surface area contributed by atoms with E-state index in [1.165, 1.54) is 0 Å². The van der Waals surface area contributed by atoms with Gasteiger partial charge in [0.25, 0.3) is 0 Å². The molecule has 0 rings (SSSR count). The molecule has 0 heterocycles. The fourth-order valence-electron chi connectivity index (χ4n) is 0.972. The third kappa shape index (κ3) is 5.86. The number of hydrogen-bond acceptors (Lipinski definition) is 3. The molecule has 0 aromatic heterocycles. The van der Waals surface area contributed by atoms with Crippen molar-refractivity contribution in [2.24, 2.45) is 10.8 Å². The van der Waals surface area contributed by atoms with Gasteiger partial charge in [-0.3, -0.25) is 4.57 Å². The average Bonchev–Trinajstić information content (AvgIpc) is 2.14. The van der Waals surface area contributed by atoms with Gasteiger partial charge in [-0.1, -0.05) is 48.5 Å². The number of hydrogen-bond donors (Lipinski definition) is 0. The highest BCUT2D eigenvalue weighted by molar-refractivity contribution is 7.53. The molecule has 0 aliphatic heterocycles. The molecule has 2 unspecified atom stereocenters. The van der Waals surface area contributed by atoms with Crippen molar-refractivity contribution in [1.29, 1.82) is 0 Å². The van der Waals surface area contributed by atoms with Crippen LogP contribution in [0.25, 0.3) is 0 Å². The third-order valence-corrected chi connectivity index (χ3v) is 5.51. The van der Waals surface area contributed by atoms with E-state index in [4.69, 9.17) is 9.05 Å². The van der Waals surface area contributed by atoms with Crippen LogP contribution < -0.4 is 0 Å². The van der Waals surface area contributed by atoms with E-state index in [2.05, 4.69) is 41.5 Å². The first-order valence-corrected chi connectivity index (χ1v) is 8.50. The van der Waals surface area contributed by atoms with Gasteiger partial charge in [-0.15, -0.1) is 0 Å². The molecular formula is C14H31O3P. The van der Waals surface area contributed by atoms with Crippen LogP contribution in [0.1, 0.15) is 62.3 Å². The van der Waals surface area contributed by atoms with Crippen molar-refractivity contribution in [3.63, 3.8) is 0 Å². The van der Waals surface area contributed by atoms with Crippen LogP contribution in [-0.4, -0.2) is 18.4 Å². The van der Waals surface area contributed by atoms with E-state index < -0.39 is 7.60 Å². The van der Waals surface area contributed by atoms with Crippen molar-refractivity contribution in [2.75, 3.05) is 6.16 Å². The summed E-state index contributed by atoms with van der Waals surface area (Å²) < 4.78 is 24.2. The zero-order valence-electron chi connectivity index (χ0n) is 13.5. The Morgan fingerprint density at radius 3 is 1.33 bits per heavy atom. The minimum absolute atomic E-state index is 0.0425. The van der Waals surface area contributed by atoms with E-state index in [0.717, 1.165) is 0 Å². The van der Waals surface area contributed by atoms with Crippen molar-refractivity contribution in [1.82, 2.24) is 0 Å². The molecule has 0 saturated carbocycles. The predicted octanol–water partition coefficient (Wildman–Crippen LogP) is 5.10. The van der Waals surface area contributed by atoms with Gasteiger partial charge in [0.2, 0.25) is 0 Å². The topological polar surface area (TPSA) is 35.5 Å². The molecule has 0 aromatic rings. The van der Waals surface area contributed by atoms with Crippen molar-refractivity contribution in [2.45, 2.75) is 74.5 Å². The zero-order chi connectivity index (χ0) is 14.8. The van der Waals surface area contributed by atoms with Gasteiger partial charge in [0, 0.05) is 6.16 Å². The predicted molar refractivity (Wildman–Crippen MR) is 78.2 cm³/mol. The van der Waals surface area contributed by atoms with Crippen LogP contribution >= 0.6 is 7.60 Å². The van der Waals surface area contributed by atoms with Crippen molar-refractivity contribution >= 4 is 7.60 Å². The molecule has 0 fully saturated rings. The molecule has 0 radical (unpaired) electrons. The second kappa shape index (κ2) is 6.07. The molecule has 0 amide bonds. The Balaban J connectivity index is 4.79. The maximum absolute atomic E-state index is 12.7. The molecule has 0 bridgehead atoms. The summed E-state index contributed by atoms with van der Waals surface area (Å²) in [5.41, 5.74) is -0.0850. The normalized spacial score (nSPS) is 20.3. The standard InChI is InChI=1S/C14H31O3P/c1-10-18(15,16-11(2)13(4,5)6)17-12(3)14(7,8)9/h11-12H,10H2,1-9H3.